The fraction of sp³-hybridized carbons (Fsp3) is 0.474. The van der Waals surface area contributed by atoms with E-state index in [0.29, 0.717) is 12.1 Å². The molecular formula is C19H25NO5. The quantitative estimate of drug-likeness (QED) is 0.652. The number of hydrogen-bond acceptors (Lipinski definition) is 4. The first-order valence-electron chi connectivity index (χ1n) is 8.50. The van der Waals surface area contributed by atoms with Gasteiger partial charge in [0.05, 0.1) is 24.7 Å². The van der Waals surface area contributed by atoms with Gasteiger partial charge < -0.3 is 20.2 Å². The zero-order valence-corrected chi connectivity index (χ0v) is 14.3. The first-order valence-corrected chi connectivity index (χ1v) is 8.50. The van der Waals surface area contributed by atoms with E-state index in [2.05, 4.69) is 6.92 Å². The second-order valence-corrected chi connectivity index (χ2v) is 6.56. The molecule has 0 saturated carbocycles. The average molecular weight is 347 g/mol. The van der Waals surface area contributed by atoms with Gasteiger partial charge in [-0.25, -0.2) is 0 Å². The van der Waals surface area contributed by atoms with Crippen LogP contribution in [0, 0.1) is 5.92 Å². The third kappa shape index (κ3) is 5.41. The molecule has 0 spiro atoms. The molecule has 4 atom stereocenters. The number of carboxylic acids is 1. The van der Waals surface area contributed by atoms with E-state index in [1.165, 1.54) is 0 Å². The summed E-state index contributed by atoms with van der Waals surface area (Å²) < 4.78 is 0. The highest BCUT2D eigenvalue weighted by atomic mass is 16.4. The minimum atomic E-state index is -1.10. The van der Waals surface area contributed by atoms with Crippen LogP contribution in [-0.4, -0.2) is 56.9 Å². The van der Waals surface area contributed by atoms with Crippen LogP contribution >= 0.6 is 0 Å². The number of nitrogens with zero attached hydrogens (tertiary/aromatic N) is 1. The minimum absolute atomic E-state index is 0.0417. The summed E-state index contributed by atoms with van der Waals surface area (Å²) in [6, 6.07) is 8.95. The van der Waals surface area contributed by atoms with Gasteiger partial charge in [0, 0.05) is 18.5 Å². The number of hydrogen-bond donors (Lipinski definition) is 3. The lowest BCUT2D eigenvalue weighted by atomic mass is 10.0. The minimum Gasteiger partial charge on any atom is -0.481 e. The summed E-state index contributed by atoms with van der Waals surface area (Å²) in [5.41, 5.74) is 0.632. The van der Waals surface area contributed by atoms with Crippen molar-refractivity contribution in [2.45, 2.75) is 44.4 Å². The molecule has 2 unspecified atom stereocenters. The second-order valence-electron chi connectivity index (χ2n) is 6.56. The fourth-order valence-electron chi connectivity index (χ4n) is 3.13. The molecule has 6 nitrogen and oxygen atoms in total. The van der Waals surface area contributed by atoms with Gasteiger partial charge >= 0.3 is 5.97 Å². The van der Waals surface area contributed by atoms with E-state index in [0.717, 1.165) is 6.42 Å². The van der Waals surface area contributed by atoms with Crippen molar-refractivity contribution in [2.75, 3.05) is 6.54 Å². The number of carbonyl (C=O) groups excluding carboxylic acids is 1. The summed E-state index contributed by atoms with van der Waals surface area (Å²) in [5.74, 6) is -0.882. The van der Waals surface area contributed by atoms with Crippen molar-refractivity contribution in [3.05, 3.63) is 48.0 Å². The normalized spacial score (nSPS) is 22.9. The number of aliphatic hydroxyl groups is 2. The third-order valence-electron chi connectivity index (χ3n) is 4.50. The lowest BCUT2D eigenvalue weighted by molar-refractivity contribution is -0.139. The molecule has 0 radical (unpaired) electrons. The van der Waals surface area contributed by atoms with Gasteiger partial charge in [0.1, 0.15) is 0 Å². The average Bonchev–Trinajstić information content (AvgIpc) is 2.93. The summed E-state index contributed by atoms with van der Waals surface area (Å²) in [7, 11) is 0. The molecule has 1 aromatic rings. The van der Waals surface area contributed by atoms with Crippen LogP contribution < -0.4 is 0 Å². The van der Waals surface area contributed by atoms with Crippen LogP contribution in [0.4, 0.5) is 0 Å². The van der Waals surface area contributed by atoms with Gasteiger partial charge in [-0.15, -0.1) is 0 Å². The Labute approximate surface area is 147 Å². The molecule has 1 amide bonds. The molecule has 1 heterocycles. The fourth-order valence-corrected chi connectivity index (χ4v) is 3.13. The smallest absolute Gasteiger partial charge is 0.305 e. The molecule has 1 aliphatic rings. The van der Waals surface area contributed by atoms with Crippen LogP contribution in [0.25, 0.3) is 0 Å². The largest absolute Gasteiger partial charge is 0.481 e. The SMILES string of the molecule is CC1CCN(C(=O)c2ccccc2)C1/C=C/[C@@H](O)C[C@@H](O)CC(=O)O. The summed E-state index contributed by atoms with van der Waals surface area (Å²) in [6.45, 7) is 2.71. The summed E-state index contributed by atoms with van der Waals surface area (Å²) in [5, 5.41) is 28.2. The number of aliphatic carboxylic acids is 1. The maximum absolute atomic E-state index is 12.7. The molecule has 1 fully saturated rings. The predicted molar refractivity (Wildman–Crippen MR) is 93.1 cm³/mol. The van der Waals surface area contributed by atoms with Crippen LogP contribution in [0.5, 0.6) is 0 Å². The van der Waals surface area contributed by atoms with E-state index in [9.17, 15) is 19.8 Å². The maximum Gasteiger partial charge on any atom is 0.305 e. The summed E-state index contributed by atoms with van der Waals surface area (Å²) in [6.07, 6.45) is 1.72. The van der Waals surface area contributed by atoms with Crippen LogP contribution in [0.1, 0.15) is 36.5 Å². The Kier molecular flexibility index (Phi) is 6.73. The Morgan fingerprint density at radius 2 is 1.96 bits per heavy atom. The second kappa shape index (κ2) is 8.78. The van der Waals surface area contributed by atoms with Gasteiger partial charge in [-0.2, -0.15) is 0 Å². The van der Waals surface area contributed by atoms with Crippen molar-refractivity contribution in [1.29, 1.82) is 0 Å². The van der Waals surface area contributed by atoms with Crippen molar-refractivity contribution in [3.8, 4) is 0 Å². The van der Waals surface area contributed by atoms with Crippen molar-refractivity contribution in [3.63, 3.8) is 0 Å². The lowest BCUT2D eigenvalue weighted by Crippen LogP contribution is -2.36. The molecule has 136 valence electrons. The van der Waals surface area contributed by atoms with Crippen molar-refractivity contribution < 1.29 is 24.9 Å². The zero-order valence-electron chi connectivity index (χ0n) is 14.3. The van der Waals surface area contributed by atoms with E-state index in [-0.39, 0.29) is 24.3 Å². The third-order valence-corrected chi connectivity index (χ3v) is 4.50. The van der Waals surface area contributed by atoms with Gasteiger partial charge in [0.2, 0.25) is 0 Å². The lowest BCUT2D eigenvalue weighted by Gasteiger charge is -2.25. The molecule has 25 heavy (non-hydrogen) atoms. The number of carbonyl (C=O) groups is 2. The maximum atomic E-state index is 12.7. The molecule has 1 aromatic carbocycles. The molecular weight excluding hydrogens is 322 g/mol. The van der Waals surface area contributed by atoms with E-state index in [1.54, 1.807) is 29.2 Å². The van der Waals surface area contributed by atoms with Crippen LogP contribution in [0.2, 0.25) is 0 Å². The molecule has 1 saturated heterocycles. The van der Waals surface area contributed by atoms with E-state index in [4.69, 9.17) is 5.11 Å². The monoisotopic (exact) mass is 347 g/mol. The molecule has 0 bridgehead atoms. The van der Waals surface area contributed by atoms with Gasteiger partial charge in [-0.05, 0) is 24.5 Å². The topological polar surface area (TPSA) is 98.1 Å². The van der Waals surface area contributed by atoms with Gasteiger partial charge in [-0.3, -0.25) is 9.59 Å². The number of likely N-dealkylation sites (tertiary alicyclic amines) is 1. The first-order chi connectivity index (χ1) is 11.9. The predicted octanol–water partition coefficient (Wildman–Crippen LogP) is 1.68. The van der Waals surface area contributed by atoms with E-state index in [1.807, 2.05) is 18.2 Å². The van der Waals surface area contributed by atoms with Crippen molar-refractivity contribution in [2.24, 2.45) is 5.92 Å². The molecule has 6 heteroatoms. The Hall–Kier alpha value is -2.18. The summed E-state index contributed by atoms with van der Waals surface area (Å²) in [4.78, 5) is 25.0. The van der Waals surface area contributed by atoms with Crippen molar-refractivity contribution >= 4 is 11.9 Å². The molecule has 1 aliphatic heterocycles. The van der Waals surface area contributed by atoms with Gasteiger partial charge in [0.25, 0.3) is 5.91 Å². The Morgan fingerprint density at radius 3 is 2.60 bits per heavy atom. The number of carboxylic acid groups (broad SMARTS) is 1. The highest BCUT2D eigenvalue weighted by Gasteiger charge is 2.33. The Balaban J connectivity index is 2.00. The highest BCUT2D eigenvalue weighted by molar-refractivity contribution is 5.94. The van der Waals surface area contributed by atoms with Crippen molar-refractivity contribution in [1.82, 2.24) is 4.90 Å². The number of benzene rings is 1. The van der Waals surface area contributed by atoms with Crippen LogP contribution in [-0.2, 0) is 4.79 Å². The Bertz CT molecular complexity index is 616. The van der Waals surface area contributed by atoms with Crippen LogP contribution in [0.3, 0.4) is 0 Å². The highest BCUT2D eigenvalue weighted by Crippen LogP contribution is 2.27. The zero-order chi connectivity index (χ0) is 18.4. The van der Waals surface area contributed by atoms with Crippen LogP contribution in [0.15, 0.2) is 42.5 Å². The van der Waals surface area contributed by atoms with E-state index < -0.39 is 24.6 Å². The Morgan fingerprint density at radius 1 is 1.28 bits per heavy atom. The van der Waals surface area contributed by atoms with E-state index >= 15 is 0 Å². The van der Waals surface area contributed by atoms with Gasteiger partial charge in [0.15, 0.2) is 0 Å². The molecule has 0 aliphatic carbocycles. The molecule has 0 aromatic heterocycles. The molecule has 2 rings (SSSR count). The number of rotatable bonds is 7. The number of aliphatic hydroxyl groups excluding tert-OH is 2. The standard InChI is InChI=1S/C19H25NO5/c1-13-9-10-20(19(25)14-5-3-2-4-6-14)17(13)8-7-15(21)11-16(22)12-18(23)24/h2-8,13,15-17,21-22H,9-12H2,1H3,(H,23,24)/b8-7+/t13?,15-,16-,17?/m1/s1. The molecule has 3 N–H and O–H groups in total. The summed E-state index contributed by atoms with van der Waals surface area (Å²) >= 11 is 0. The number of amides is 1. The first kappa shape index (κ1) is 19.1. The van der Waals surface area contributed by atoms with Gasteiger partial charge in [-0.1, -0.05) is 37.3 Å².